The molecule has 216 valence electrons. The van der Waals surface area contributed by atoms with Crippen molar-refractivity contribution >= 4 is 40.4 Å². The summed E-state index contributed by atoms with van der Waals surface area (Å²) in [5.41, 5.74) is 6.22. The van der Waals surface area contributed by atoms with E-state index in [1.54, 1.807) is 17.0 Å². The van der Waals surface area contributed by atoms with Crippen LogP contribution in [0.1, 0.15) is 43.1 Å². The lowest BCUT2D eigenvalue weighted by Crippen LogP contribution is -2.41. The van der Waals surface area contributed by atoms with Gasteiger partial charge in [-0.15, -0.1) is 0 Å². The van der Waals surface area contributed by atoms with E-state index in [2.05, 4.69) is 42.7 Å². The van der Waals surface area contributed by atoms with Crippen LogP contribution in [-0.2, 0) is 16.1 Å². The van der Waals surface area contributed by atoms with Crippen LogP contribution in [0.4, 0.5) is 5.82 Å². The van der Waals surface area contributed by atoms with Gasteiger partial charge in [0.05, 0.1) is 23.9 Å². The number of carbonyl (C=O) groups is 2. The Labute approximate surface area is 242 Å². The Morgan fingerprint density at radius 3 is 2.88 bits per heavy atom. The fourth-order valence-electron chi connectivity index (χ4n) is 5.67. The molecule has 0 bridgehead atoms. The van der Waals surface area contributed by atoms with Gasteiger partial charge in [-0.1, -0.05) is 29.7 Å². The van der Waals surface area contributed by atoms with Crippen LogP contribution in [0.5, 0.6) is 0 Å². The minimum absolute atomic E-state index is 0.108. The minimum Gasteiger partial charge on any atom is -0.389 e. The third-order valence-corrected chi connectivity index (χ3v) is 8.03. The predicted octanol–water partition coefficient (Wildman–Crippen LogP) is 0.717. The lowest BCUT2D eigenvalue weighted by atomic mass is 9.98. The predicted molar refractivity (Wildman–Crippen MR) is 153 cm³/mol. The molecule has 2 aliphatic rings. The van der Waals surface area contributed by atoms with Crippen LogP contribution in [0.15, 0.2) is 30.6 Å². The molecule has 3 aromatic rings. The van der Waals surface area contributed by atoms with Gasteiger partial charge in [0.25, 0.3) is 0 Å². The number of rotatable bonds is 10. The van der Waals surface area contributed by atoms with E-state index >= 15 is 0 Å². The SMILES string of the molecule is CNC(=O)[C@]12C[C@@H]1[C@@H](n1cnc3c(NCc4cccc(Cl)c4)nc(C#CCCC(=O)NCCCN)nc31)[C@H](O)[C@@H]2O. The molecular formula is C28H33ClN8O4. The molecule has 41 heavy (non-hydrogen) atoms. The number of nitrogens with zero attached hydrogens (tertiary/aromatic N) is 4. The summed E-state index contributed by atoms with van der Waals surface area (Å²) < 4.78 is 1.70. The molecule has 7 N–H and O–H groups in total. The number of aliphatic hydroxyl groups excluding tert-OH is 2. The number of amides is 2. The first kappa shape index (κ1) is 28.8. The number of anilines is 1. The van der Waals surface area contributed by atoms with Gasteiger partial charge in [0.1, 0.15) is 6.10 Å². The Morgan fingerprint density at radius 2 is 2.12 bits per heavy atom. The van der Waals surface area contributed by atoms with Crippen LogP contribution in [0.25, 0.3) is 11.2 Å². The fourth-order valence-corrected chi connectivity index (χ4v) is 5.88. The second kappa shape index (κ2) is 12.0. The second-order valence-corrected chi connectivity index (χ2v) is 10.8. The maximum absolute atomic E-state index is 12.6. The molecular weight excluding hydrogens is 548 g/mol. The van der Waals surface area contributed by atoms with Gasteiger partial charge in [-0.3, -0.25) is 9.59 Å². The van der Waals surface area contributed by atoms with Crippen molar-refractivity contribution in [3.63, 3.8) is 0 Å². The number of nitrogens with two attached hydrogens (primary N) is 1. The molecule has 0 unspecified atom stereocenters. The molecule has 2 aromatic heterocycles. The quantitative estimate of drug-likeness (QED) is 0.149. The number of imidazole rings is 1. The van der Waals surface area contributed by atoms with E-state index in [1.807, 2.05) is 18.2 Å². The number of fused-ring (bicyclic) bond motifs is 2. The first-order valence-electron chi connectivity index (χ1n) is 13.6. The Morgan fingerprint density at radius 1 is 1.29 bits per heavy atom. The molecule has 2 aliphatic carbocycles. The highest BCUT2D eigenvalue weighted by Crippen LogP contribution is 2.67. The smallest absolute Gasteiger partial charge is 0.229 e. The van der Waals surface area contributed by atoms with E-state index in [1.165, 1.54) is 7.05 Å². The van der Waals surface area contributed by atoms with Gasteiger partial charge in [0, 0.05) is 43.9 Å². The Bertz CT molecular complexity index is 1520. The molecule has 1 aromatic carbocycles. The molecule has 2 fully saturated rings. The molecule has 0 radical (unpaired) electrons. The summed E-state index contributed by atoms with van der Waals surface area (Å²) in [4.78, 5) is 38.4. The van der Waals surface area contributed by atoms with Gasteiger partial charge in [-0.25, -0.2) is 15.0 Å². The number of benzene rings is 1. The van der Waals surface area contributed by atoms with E-state index in [-0.39, 0.29) is 30.0 Å². The van der Waals surface area contributed by atoms with Crippen LogP contribution in [-0.4, -0.2) is 73.9 Å². The average molecular weight is 581 g/mol. The van der Waals surface area contributed by atoms with Crippen molar-refractivity contribution in [3.8, 4) is 11.8 Å². The molecule has 5 rings (SSSR count). The molecule has 2 amide bonds. The first-order valence-corrected chi connectivity index (χ1v) is 13.9. The maximum atomic E-state index is 12.6. The second-order valence-electron chi connectivity index (χ2n) is 10.4. The zero-order valence-electron chi connectivity index (χ0n) is 22.6. The molecule has 13 heteroatoms. The lowest BCUT2D eigenvalue weighted by molar-refractivity contribution is -0.132. The third kappa shape index (κ3) is 5.58. The Kier molecular flexibility index (Phi) is 8.42. The number of aromatic nitrogens is 4. The van der Waals surface area contributed by atoms with Crippen molar-refractivity contribution in [3.05, 3.63) is 47.0 Å². The van der Waals surface area contributed by atoms with Crippen LogP contribution < -0.4 is 21.7 Å². The average Bonchev–Trinajstić information content (AvgIpc) is 3.50. The van der Waals surface area contributed by atoms with Crippen molar-refractivity contribution in [2.45, 2.75) is 50.5 Å². The Balaban J connectivity index is 1.44. The summed E-state index contributed by atoms with van der Waals surface area (Å²) in [5.74, 6) is 5.85. The molecule has 0 saturated heterocycles. The highest BCUT2D eigenvalue weighted by Gasteiger charge is 2.75. The summed E-state index contributed by atoms with van der Waals surface area (Å²) in [6.07, 6.45) is 0.840. The van der Waals surface area contributed by atoms with Crippen LogP contribution in [0, 0.1) is 23.2 Å². The molecule has 5 atom stereocenters. The van der Waals surface area contributed by atoms with Gasteiger partial charge in [0.2, 0.25) is 17.6 Å². The Hall–Kier alpha value is -3.76. The van der Waals surface area contributed by atoms with Crippen molar-refractivity contribution in [1.82, 2.24) is 30.2 Å². The number of nitrogens with one attached hydrogen (secondary N) is 3. The fraction of sp³-hybridized carbons (Fsp3) is 0.464. The van der Waals surface area contributed by atoms with Crippen LogP contribution >= 0.6 is 11.6 Å². The highest BCUT2D eigenvalue weighted by molar-refractivity contribution is 6.30. The number of aliphatic hydroxyl groups is 2. The van der Waals surface area contributed by atoms with Gasteiger partial charge in [0.15, 0.2) is 17.0 Å². The summed E-state index contributed by atoms with van der Waals surface area (Å²) in [7, 11) is 1.52. The summed E-state index contributed by atoms with van der Waals surface area (Å²) >= 11 is 6.14. The maximum Gasteiger partial charge on any atom is 0.229 e. The normalized spacial score (nSPS) is 24.3. The zero-order chi connectivity index (χ0) is 29.1. The van der Waals surface area contributed by atoms with Crippen molar-refractivity contribution in [2.24, 2.45) is 17.1 Å². The molecule has 2 heterocycles. The standard InChI is InChI=1S/C28H33ClN8O4/c1-31-27(41)28-13-18(28)22(23(39)24(28)40)37-15-34-21-25(33-14-16-6-4-7-17(29)12-16)35-19(36-26(21)37)8-2-3-9-20(38)32-11-5-10-30/h4,6-7,12,15,18,22-24,39-40H,3,5,9-11,13-14,30H2,1H3,(H,31,41)(H,32,38)(H,33,35,36)/t18-,22-,23+,24+,28-/m1/s1. The van der Waals surface area contributed by atoms with Gasteiger partial charge in [-0.05, 0) is 43.0 Å². The largest absolute Gasteiger partial charge is 0.389 e. The van der Waals surface area contributed by atoms with E-state index in [0.29, 0.717) is 60.9 Å². The monoisotopic (exact) mass is 580 g/mol. The zero-order valence-corrected chi connectivity index (χ0v) is 23.4. The van der Waals surface area contributed by atoms with Gasteiger partial charge in [-0.2, -0.15) is 0 Å². The summed E-state index contributed by atoms with van der Waals surface area (Å²) in [6.45, 7) is 1.44. The lowest BCUT2D eigenvalue weighted by Gasteiger charge is -2.23. The van der Waals surface area contributed by atoms with E-state index < -0.39 is 23.7 Å². The number of hydrogen-bond acceptors (Lipinski definition) is 9. The molecule has 2 saturated carbocycles. The molecule has 0 aliphatic heterocycles. The highest BCUT2D eigenvalue weighted by atomic mass is 35.5. The number of halogens is 1. The van der Waals surface area contributed by atoms with E-state index in [9.17, 15) is 19.8 Å². The number of hydrogen-bond donors (Lipinski definition) is 6. The van der Waals surface area contributed by atoms with Crippen LogP contribution in [0.3, 0.4) is 0 Å². The van der Waals surface area contributed by atoms with Gasteiger partial charge < -0.3 is 36.5 Å². The van der Waals surface area contributed by atoms with E-state index in [0.717, 1.165) is 5.56 Å². The first-order chi connectivity index (χ1) is 19.8. The summed E-state index contributed by atoms with van der Waals surface area (Å²) in [6, 6.07) is 6.80. The van der Waals surface area contributed by atoms with Crippen molar-refractivity contribution < 1.29 is 19.8 Å². The van der Waals surface area contributed by atoms with Crippen molar-refractivity contribution in [1.29, 1.82) is 0 Å². The van der Waals surface area contributed by atoms with Gasteiger partial charge >= 0.3 is 0 Å². The molecule has 12 nitrogen and oxygen atoms in total. The summed E-state index contributed by atoms with van der Waals surface area (Å²) in [5, 5.41) is 31.1. The van der Waals surface area contributed by atoms with Crippen molar-refractivity contribution in [2.75, 3.05) is 25.5 Å². The van der Waals surface area contributed by atoms with Crippen LogP contribution in [0.2, 0.25) is 5.02 Å². The number of carbonyl (C=O) groups excluding carboxylic acids is 2. The topological polar surface area (TPSA) is 180 Å². The third-order valence-electron chi connectivity index (χ3n) is 7.79. The van der Waals surface area contributed by atoms with E-state index in [4.69, 9.17) is 17.3 Å². The molecule has 0 spiro atoms. The minimum atomic E-state index is -1.22.